The van der Waals surface area contributed by atoms with Gasteiger partial charge in [-0.25, -0.2) is 4.98 Å². The lowest BCUT2D eigenvalue weighted by Crippen LogP contribution is -2.38. The van der Waals surface area contributed by atoms with Crippen molar-refractivity contribution in [1.82, 2.24) is 15.1 Å². The number of carbonyl (C=O) groups is 1. The number of nitrogens with two attached hydrogens (primary N) is 1. The van der Waals surface area contributed by atoms with Crippen molar-refractivity contribution >= 4 is 22.6 Å². The molecule has 2 aromatic heterocycles. The van der Waals surface area contributed by atoms with E-state index in [1.165, 1.54) is 0 Å². The molecule has 0 radical (unpaired) electrons. The third kappa shape index (κ3) is 3.75. The smallest absolute Gasteiger partial charge is 0.259 e. The van der Waals surface area contributed by atoms with Crippen LogP contribution in [-0.2, 0) is 4.79 Å². The van der Waals surface area contributed by atoms with Gasteiger partial charge in [0.05, 0.1) is 18.2 Å². The average Bonchev–Trinajstić information content (AvgIpc) is 3.33. The van der Waals surface area contributed by atoms with Gasteiger partial charge in [0.15, 0.2) is 0 Å². The fourth-order valence-corrected chi connectivity index (χ4v) is 4.08. The highest BCUT2D eigenvalue weighted by atomic mass is 16.5. The Labute approximate surface area is 185 Å². The number of nitrogens with zero attached hydrogens (tertiary/aromatic N) is 4. The first kappa shape index (κ1) is 20.0. The number of anilines is 1. The zero-order valence-electron chi connectivity index (χ0n) is 17.7. The van der Waals surface area contributed by atoms with Crippen molar-refractivity contribution in [2.45, 2.75) is 12.8 Å². The normalized spacial score (nSPS) is 14.6. The summed E-state index contributed by atoms with van der Waals surface area (Å²) in [4.78, 5) is 23.2. The number of methoxy groups -OCH3 is 1. The first-order chi connectivity index (χ1) is 15.6. The van der Waals surface area contributed by atoms with Gasteiger partial charge in [0.1, 0.15) is 11.6 Å². The van der Waals surface area contributed by atoms with Crippen LogP contribution < -0.4 is 15.4 Å². The summed E-state index contributed by atoms with van der Waals surface area (Å²) in [5.74, 6) is 2.23. The Kier molecular flexibility index (Phi) is 5.18. The van der Waals surface area contributed by atoms with Crippen LogP contribution in [0, 0.1) is 5.92 Å². The number of para-hydroxylation sites is 1. The molecule has 1 aliphatic rings. The lowest BCUT2D eigenvalue weighted by molar-refractivity contribution is -0.122. The van der Waals surface area contributed by atoms with Crippen LogP contribution in [0.15, 0.2) is 59.1 Å². The molecular formula is C24H23N5O3. The molecule has 8 heteroatoms. The summed E-state index contributed by atoms with van der Waals surface area (Å²) in [7, 11) is 1.63. The van der Waals surface area contributed by atoms with Crippen LogP contribution in [0.3, 0.4) is 0 Å². The summed E-state index contributed by atoms with van der Waals surface area (Å²) in [6.07, 6.45) is 1.45. The van der Waals surface area contributed by atoms with Gasteiger partial charge in [-0.3, -0.25) is 4.79 Å². The lowest BCUT2D eigenvalue weighted by atomic mass is 9.96. The monoisotopic (exact) mass is 429 g/mol. The van der Waals surface area contributed by atoms with Crippen molar-refractivity contribution < 1.29 is 14.1 Å². The standard InChI is InChI=1S/C24H23N5O3/c1-31-17-8-6-16(7-9-17)23-27-24(32-28-23)19-14-21(26-20-5-3-2-4-18(19)20)29-12-10-15(11-13-29)22(25)30/h2-9,14-15H,10-13H2,1H3,(H2,25,30). The predicted octanol–water partition coefficient (Wildman–Crippen LogP) is 3.66. The maximum Gasteiger partial charge on any atom is 0.259 e. The molecule has 3 heterocycles. The van der Waals surface area contributed by atoms with E-state index in [1.807, 2.05) is 54.6 Å². The van der Waals surface area contributed by atoms with Crippen LogP contribution in [0.1, 0.15) is 12.8 Å². The number of hydrogen-bond donors (Lipinski definition) is 1. The summed E-state index contributed by atoms with van der Waals surface area (Å²) in [5.41, 5.74) is 8.00. The summed E-state index contributed by atoms with van der Waals surface area (Å²) in [6.45, 7) is 1.44. The van der Waals surface area contributed by atoms with Gasteiger partial charge >= 0.3 is 0 Å². The predicted molar refractivity (Wildman–Crippen MR) is 121 cm³/mol. The van der Waals surface area contributed by atoms with Gasteiger partial charge < -0.3 is 19.9 Å². The second kappa shape index (κ2) is 8.30. The highest BCUT2D eigenvalue weighted by molar-refractivity contribution is 5.94. The molecule has 0 spiro atoms. The lowest BCUT2D eigenvalue weighted by Gasteiger charge is -2.31. The van der Waals surface area contributed by atoms with Crippen LogP contribution in [-0.4, -0.2) is 41.2 Å². The van der Waals surface area contributed by atoms with E-state index in [0.29, 0.717) is 11.7 Å². The molecular weight excluding hydrogens is 406 g/mol. The van der Waals surface area contributed by atoms with Crippen molar-refractivity contribution in [2.24, 2.45) is 11.7 Å². The maximum atomic E-state index is 11.5. The number of aromatic nitrogens is 3. The third-order valence-electron chi connectivity index (χ3n) is 5.93. The second-order valence-electron chi connectivity index (χ2n) is 7.86. The molecule has 0 bridgehead atoms. The third-order valence-corrected chi connectivity index (χ3v) is 5.93. The summed E-state index contributed by atoms with van der Waals surface area (Å²) in [6, 6.07) is 17.4. The van der Waals surface area contributed by atoms with E-state index in [-0.39, 0.29) is 11.8 Å². The van der Waals surface area contributed by atoms with Gasteiger partial charge in [0, 0.05) is 30.0 Å². The Balaban J connectivity index is 1.51. The number of amides is 1. The van der Waals surface area contributed by atoms with Crippen LogP contribution in [0.5, 0.6) is 5.75 Å². The van der Waals surface area contributed by atoms with E-state index < -0.39 is 0 Å². The number of primary amides is 1. The van der Waals surface area contributed by atoms with Crippen molar-refractivity contribution in [3.63, 3.8) is 0 Å². The van der Waals surface area contributed by atoms with E-state index in [1.54, 1.807) is 7.11 Å². The molecule has 1 amide bonds. The molecule has 2 aromatic carbocycles. The van der Waals surface area contributed by atoms with E-state index in [2.05, 4.69) is 15.0 Å². The van der Waals surface area contributed by atoms with Gasteiger partial charge in [0.25, 0.3) is 5.89 Å². The van der Waals surface area contributed by atoms with Crippen molar-refractivity contribution in [1.29, 1.82) is 0 Å². The number of carbonyl (C=O) groups excluding carboxylic acids is 1. The largest absolute Gasteiger partial charge is 0.497 e. The molecule has 1 saturated heterocycles. The molecule has 4 aromatic rings. The van der Waals surface area contributed by atoms with Crippen molar-refractivity contribution in [3.05, 3.63) is 54.6 Å². The van der Waals surface area contributed by atoms with E-state index in [4.69, 9.17) is 20.0 Å². The number of piperidine rings is 1. The van der Waals surface area contributed by atoms with Gasteiger partial charge in [-0.05, 0) is 49.2 Å². The van der Waals surface area contributed by atoms with Crippen LogP contribution in [0.25, 0.3) is 33.7 Å². The van der Waals surface area contributed by atoms with Gasteiger partial charge in [0.2, 0.25) is 11.7 Å². The molecule has 5 rings (SSSR count). The topological polar surface area (TPSA) is 107 Å². The van der Waals surface area contributed by atoms with Crippen molar-refractivity contribution in [3.8, 4) is 28.6 Å². The Bertz CT molecular complexity index is 1260. The molecule has 162 valence electrons. The van der Waals surface area contributed by atoms with Crippen LogP contribution in [0.2, 0.25) is 0 Å². The molecule has 8 nitrogen and oxygen atoms in total. The van der Waals surface area contributed by atoms with Gasteiger partial charge in [-0.1, -0.05) is 23.4 Å². The minimum absolute atomic E-state index is 0.0748. The Morgan fingerprint density at radius 2 is 1.84 bits per heavy atom. The maximum absolute atomic E-state index is 11.5. The van der Waals surface area contributed by atoms with Crippen LogP contribution in [0.4, 0.5) is 5.82 Å². The van der Waals surface area contributed by atoms with Gasteiger partial charge in [-0.2, -0.15) is 4.98 Å². The molecule has 32 heavy (non-hydrogen) atoms. The number of rotatable bonds is 5. The zero-order chi connectivity index (χ0) is 22.1. The summed E-state index contributed by atoms with van der Waals surface area (Å²) < 4.78 is 10.9. The highest BCUT2D eigenvalue weighted by Crippen LogP contribution is 2.33. The summed E-state index contributed by atoms with van der Waals surface area (Å²) in [5, 5.41) is 5.12. The molecule has 1 aliphatic heterocycles. The van der Waals surface area contributed by atoms with E-state index >= 15 is 0 Å². The Morgan fingerprint density at radius 3 is 2.56 bits per heavy atom. The Hall–Kier alpha value is -3.94. The second-order valence-corrected chi connectivity index (χ2v) is 7.86. The van der Waals surface area contributed by atoms with Crippen LogP contribution >= 0.6 is 0 Å². The summed E-state index contributed by atoms with van der Waals surface area (Å²) >= 11 is 0. The van der Waals surface area contributed by atoms with Crippen molar-refractivity contribution in [2.75, 3.05) is 25.1 Å². The van der Waals surface area contributed by atoms with Gasteiger partial charge in [-0.15, -0.1) is 0 Å². The molecule has 0 aliphatic carbocycles. The Morgan fingerprint density at radius 1 is 1.09 bits per heavy atom. The minimum Gasteiger partial charge on any atom is -0.497 e. The molecule has 0 atom stereocenters. The average molecular weight is 429 g/mol. The highest BCUT2D eigenvalue weighted by Gasteiger charge is 2.25. The van der Waals surface area contributed by atoms with E-state index in [9.17, 15) is 4.79 Å². The first-order valence-electron chi connectivity index (χ1n) is 10.5. The fraction of sp³-hybridized carbons (Fsp3) is 0.250. The molecule has 1 fully saturated rings. The minimum atomic E-state index is -0.228. The zero-order valence-corrected chi connectivity index (χ0v) is 17.7. The number of fused-ring (bicyclic) bond motifs is 1. The quantitative estimate of drug-likeness (QED) is 0.516. The first-order valence-corrected chi connectivity index (χ1v) is 10.5. The molecule has 2 N–H and O–H groups in total. The number of ether oxygens (including phenoxy) is 1. The number of hydrogen-bond acceptors (Lipinski definition) is 7. The SMILES string of the molecule is COc1ccc(-c2noc(-c3cc(N4CCC(C(N)=O)CC4)nc4ccccc34)n2)cc1. The van der Waals surface area contributed by atoms with E-state index in [0.717, 1.165) is 59.5 Å². The number of pyridine rings is 1. The molecule has 0 unspecified atom stereocenters. The molecule has 0 saturated carbocycles. The number of benzene rings is 2. The fourth-order valence-electron chi connectivity index (χ4n) is 4.08.